The minimum absolute atomic E-state index is 0.347. The van der Waals surface area contributed by atoms with Crippen LogP contribution in [0.2, 0.25) is 0 Å². The lowest BCUT2D eigenvalue weighted by atomic mass is 10.3. The molecule has 0 aliphatic carbocycles. The quantitative estimate of drug-likeness (QED) is 0.769. The SMILES string of the molecule is C=Cc1cc(C)nc(NC(C)C)n1. The van der Waals surface area contributed by atoms with Gasteiger partial charge in [-0.15, -0.1) is 0 Å². The molecule has 0 amide bonds. The van der Waals surface area contributed by atoms with Crippen molar-refractivity contribution in [1.29, 1.82) is 0 Å². The molecule has 3 nitrogen and oxygen atoms in total. The highest BCUT2D eigenvalue weighted by atomic mass is 15.1. The number of aromatic nitrogens is 2. The Balaban J connectivity index is 2.94. The highest BCUT2D eigenvalue weighted by molar-refractivity contribution is 5.45. The fraction of sp³-hybridized carbons (Fsp3) is 0.400. The summed E-state index contributed by atoms with van der Waals surface area (Å²) >= 11 is 0. The van der Waals surface area contributed by atoms with Gasteiger partial charge in [-0.1, -0.05) is 6.58 Å². The number of nitrogens with zero attached hydrogens (tertiary/aromatic N) is 2. The van der Waals surface area contributed by atoms with E-state index in [4.69, 9.17) is 0 Å². The maximum Gasteiger partial charge on any atom is 0.223 e. The summed E-state index contributed by atoms with van der Waals surface area (Å²) < 4.78 is 0. The molecule has 0 aliphatic rings. The van der Waals surface area contributed by atoms with Gasteiger partial charge in [0.25, 0.3) is 0 Å². The van der Waals surface area contributed by atoms with Gasteiger partial charge in [0, 0.05) is 11.7 Å². The largest absolute Gasteiger partial charge is 0.352 e. The summed E-state index contributed by atoms with van der Waals surface area (Å²) in [5, 5.41) is 3.15. The maximum absolute atomic E-state index is 4.25. The Morgan fingerprint density at radius 1 is 1.46 bits per heavy atom. The molecule has 0 unspecified atom stereocenters. The lowest BCUT2D eigenvalue weighted by Gasteiger charge is -2.08. The maximum atomic E-state index is 4.25. The van der Waals surface area contributed by atoms with Gasteiger partial charge in [0.15, 0.2) is 0 Å². The van der Waals surface area contributed by atoms with E-state index in [1.165, 1.54) is 0 Å². The molecule has 3 heteroatoms. The van der Waals surface area contributed by atoms with Gasteiger partial charge in [0.1, 0.15) is 0 Å². The Morgan fingerprint density at radius 3 is 2.69 bits per heavy atom. The summed E-state index contributed by atoms with van der Waals surface area (Å²) in [6.07, 6.45) is 1.72. The molecule has 1 N–H and O–H groups in total. The van der Waals surface area contributed by atoms with Crippen LogP contribution in [0.4, 0.5) is 5.95 Å². The molecule has 0 spiro atoms. The van der Waals surface area contributed by atoms with Crippen LogP contribution in [0, 0.1) is 6.92 Å². The zero-order valence-electron chi connectivity index (χ0n) is 8.33. The molecule has 0 saturated heterocycles. The molecule has 13 heavy (non-hydrogen) atoms. The van der Waals surface area contributed by atoms with Gasteiger partial charge >= 0.3 is 0 Å². The Morgan fingerprint density at radius 2 is 2.15 bits per heavy atom. The van der Waals surface area contributed by atoms with Crippen molar-refractivity contribution in [2.75, 3.05) is 5.32 Å². The van der Waals surface area contributed by atoms with Crippen molar-refractivity contribution in [3.05, 3.63) is 24.0 Å². The van der Waals surface area contributed by atoms with E-state index in [0.29, 0.717) is 12.0 Å². The molecule has 0 bridgehead atoms. The van der Waals surface area contributed by atoms with E-state index >= 15 is 0 Å². The molecular weight excluding hydrogens is 162 g/mol. The number of aryl methyl sites for hydroxylation is 1. The third-order valence-corrected chi connectivity index (χ3v) is 1.50. The van der Waals surface area contributed by atoms with Crippen molar-refractivity contribution in [2.45, 2.75) is 26.8 Å². The van der Waals surface area contributed by atoms with Gasteiger partial charge in [-0.3, -0.25) is 0 Å². The molecule has 0 saturated carbocycles. The third-order valence-electron chi connectivity index (χ3n) is 1.50. The summed E-state index contributed by atoms with van der Waals surface area (Å²) in [6, 6.07) is 2.25. The molecule has 0 fully saturated rings. The second-order valence-corrected chi connectivity index (χ2v) is 3.26. The lowest BCUT2D eigenvalue weighted by Crippen LogP contribution is -2.13. The fourth-order valence-corrected chi connectivity index (χ4v) is 1.02. The van der Waals surface area contributed by atoms with Crippen LogP contribution in [-0.2, 0) is 0 Å². The normalized spacial score (nSPS) is 10.2. The van der Waals surface area contributed by atoms with Gasteiger partial charge in [0.2, 0.25) is 5.95 Å². The molecular formula is C10H15N3. The Hall–Kier alpha value is -1.38. The van der Waals surface area contributed by atoms with Gasteiger partial charge in [-0.2, -0.15) is 0 Å². The second-order valence-electron chi connectivity index (χ2n) is 3.26. The molecule has 0 aromatic carbocycles. The smallest absolute Gasteiger partial charge is 0.223 e. The number of rotatable bonds is 3. The molecule has 70 valence electrons. The molecule has 1 rings (SSSR count). The molecule has 1 heterocycles. The predicted molar refractivity (Wildman–Crippen MR) is 55.6 cm³/mol. The van der Waals surface area contributed by atoms with E-state index in [0.717, 1.165) is 11.4 Å². The van der Waals surface area contributed by atoms with Crippen LogP contribution < -0.4 is 5.32 Å². The average molecular weight is 177 g/mol. The van der Waals surface area contributed by atoms with E-state index in [2.05, 4.69) is 35.7 Å². The van der Waals surface area contributed by atoms with E-state index < -0.39 is 0 Å². The number of nitrogens with one attached hydrogen (secondary N) is 1. The van der Waals surface area contributed by atoms with Crippen molar-refractivity contribution < 1.29 is 0 Å². The summed E-state index contributed by atoms with van der Waals surface area (Å²) in [5.41, 5.74) is 1.81. The predicted octanol–water partition coefficient (Wildman–Crippen LogP) is 2.25. The van der Waals surface area contributed by atoms with Gasteiger partial charge in [-0.05, 0) is 32.9 Å². The minimum Gasteiger partial charge on any atom is -0.352 e. The second kappa shape index (κ2) is 4.03. The van der Waals surface area contributed by atoms with E-state index in [9.17, 15) is 0 Å². The first kappa shape index (κ1) is 9.71. The Bertz CT molecular complexity index is 305. The molecule has 0 atom stereocenters. The molecule has 1 aromatic rings. The van der Waals surface area contributed by atoms with Crippen LogP contribution in [0.3, 0.4) is 0 Å². The third kappa shape index (κ3) is 2.86. The van der Waals surface area contributed by atoms with E-state index in [-0.39, 0.29) is 0 Å². The highest BCUT2D eigenvalue weighted by Gasteiger charge is 2.00. The highest BCUT2D eigenvalue weighted by Crippen LogP contribution is 2.06. The Kier molecular flexibility index (Phi) is 3.01. The minimum atomic E-state index is 0.347. The van der Waals surface area contributed by atoms with E-state index in [1.807, 2.05) is 13.0 Å². The number of hydrogen-bond donors (Lipinski definition) is 1. The van der Waals surface area contributed by atoms with Crippen LogP contribution in [0.25, 0.3) is 6.08 Å². The Labute approximate surface area is 78.9 Å². The van der Waals surface area contributed by atoms with Gasteiger partial charge in [0.05, 0.1) is 5.69 Å². The standard InChI is InChI=1S/C10H15N3/c1-5-9-6-8(4)12-10(13-9)11-7(2)3/h5-7H,1H2,2-4H3,(H,11,12,13). The van der Waals surface area contributed by atoms with Crippen molar-refractivity contribution in [3.8, 4) is 0 Å². The van der Waals surface area contributed by atoms with Crippen molar-refractivity contribution in [1.82, 2.24) is 9.97 Å². The van der Waals surface area contributed by atoms with Crippen LogP contribution in [-0.4, -0.2) is 16.0 Å². The van der Waals surface area contributed by atoms with Gasteiger partial charge < -0.3 is 5.32 Å². The summed E-state index contributed by atoms with van der Waals surface area (Å²) in [5.74, 6) is 0.671. The van der Waals surface area contributed by atoms with Crippen LogP contribution in [0.5, 0.6) is 0 Å². The first-order chi connectivity index (χ1) is 6.11. The lowest BCUT2D eigenvalue weighted by molar-refractivity contribution is 0.869. The summed E-state index contributed by atoms with van der Waals surface area (Å²) in [4.78, 5) is 8.50. The topological polar surface area (TPSA) is 37.8 Å². The van der Waals surface area contributed by atoms with Crippen molar-refractivity contribution in [2.24, 2.45) is 0 Å². The van der Waals surface area contributed by atoms with Crippen LogP contribution >= 0.6 is 0 Å². The zero-order valence-corrected chi connectivity index (χ0v) is 8.33. The fourth-order valence-electron chi connectivity index (χ4n) is 1.02. The summed E-state index contributed by atoms with van der Waals surface area (Å²) in [7, 11) is 0. The molecule has 1 aromatic heterocycles. The number of anilines is 1. The molecule has 0 radical (unpaired) electrons. The number of hydrogen-bond acceptors (Lipinski definition) is 3. The molecule has 0 aliphatic heterocycles. The summed E-state index contributed by atoms with van der Waals surface area (Å²) in [6.45, 7) is 9.73. The first-order valence-electron chi connectivity index (χ1n) is 4.36. The van der Waals surface area contributed by atoms with E-state index in [1.54, 1.807) is 6.08 Å². The monoisotopic (exact) mass is 177 g/mol. The van der Waals surface area contributed by atoms with Gasteiger partial charge in [-0.25, -0.2) is 9.97 Å². The van der Waals surface area contributed by atoms with Crippen LogP contribution in [0.15, 0.2) is 12.6 Å². The van der Waals surface area contributed by atoms with Crippen LogP contribution in [0.1, 0.15) is 25.2 Å². The zero-order chi connectivity index (χ0) is 9.84. The first-order valence-corrected chi connectivity index (χ1v) is 4.36. The van der Waals surface area contributed by atoms with Crippen molar-refractivity contribution in [3.63, 3.8) is 0 Å². The van der Waals surface area contributed by atoms with Crippen molar-refractivity contribution >= 4 is 12.0 Å². The average Bonchev–Trinajstić information content (AvgIpc) is 2.01.